The van der Waals surface area contributed by atoms with Gasteiger partial charge in [0.2, 0.25) is 0 Å². The van der Waals surface area contributed by atoms with Gasteiger partial charge in [0.1, 0.15) is 19.2 Å². The van der Waals surface area contributed by atoms with Crippen molar-refractivity contribution in [2.45, 2.75) is 19.0 Å². The van der Waals surface area contributed by atoms with Crippen LogP contribution in [0.15, 0.2) is 217 Å². The van der Waals surface area contributed by atoms with E-state index in [1.54, 1.807) is 10.4 Å². The summed E-state index contributed by atoms with van der Waals surface area (Å²) in [4.78, 5) is 0. The van der Waals surface area contributed by atoms with E-state index in [1.165, 1.54) is 93.5 Å². The number of rotatable bonds is 4. The third-order valence-electron chi connectivity index (χ3n) is 14.9. The van der Waals surface area contributed by atoms with E-state index in [9.17, 15) is 0 Å². The number of furan rings is 1. The molecule has 0 bridgehead atoms. The Labute approximate surface area is 378 Å². The third kappa shape index (κ3) is 5.32. The predicted molar refractivity (Wildman–Crippen MR) is 278 cm³/mol. The molecule has 0 amide bonds. The summed E-state index contributed by atoms with van der Waals surface area (Å²) in [6.45, 7) is 5.02. The molecule has 1 aliphatic heterocycles. The quantitative estimate of drug-likeness (QED) is 0.127. The summed E-state index contributed by atoms with van der Waals surface area (Å²) >= 11 is 0. The molecule has 1 nitrogen and oxygen atoms in total. The highest BCUT2D eigenvalue weighted by Gasteiger charge is 2.38. The molecule has 0 spiro atoms. The maximum absolute atomic E-state index is 6.87. The van der Waals surface area contributed by atoms with Gasteiger partial charge in [-0.2, -0.15) is 0 Å². The van der Waals surface area contributed by atoms with Crippen LogP contribution in [0.25, 0.3) is 110 Å². The minimum absolute atomic E-state index is 0.151. The Hall–Kier alpha value is -7.78. The fourth-order valence-corrected chi connectivity index (χ4v) is 14.9. The van der Waals surface area contributed by atoms with E-state index in [2.05, 4.69) is 225 Å². The molecule has 1 atom stereocenters. The molecule has 12 aromatic rings. The van der Waals surface area contributed by atoms with Crippen LogP contribution in [0.4, 0.5) is 0 Å². The van der Waals surface area contributed by atoms with E-state index in [-0.39, 0.29) is 5.92 Å². The first-order valence-electron chi connectivity index (χ1n) is 22.9. The van der Waals surface area contributed by atoms with E-state index in [1.807, 2.05) is 0 Å². The van der Waals surface area contributed by atoms with Crippen LogP contribution >= 0.6 is 0 Å². The standard InChI is InChI=1S/C63H42OSi/c1-65(2)58-23-13-12-22-51(58)62-52-35-44(25-24-39(52)28-31-59(62)65)60-49-21-11-10-20-48(49)54-33-40(26-29-50(54)60)41-27-30-57-55(34-41)56-37-45(36-53(63(56)64-57)38-14-4-3-5-15-38)61-46-18-8-6-16-42(46)32-43-17-7-9-19-47(43)61/h3-37,60H,1-2H3. The monoisotopic (exact) mass is 842 g/mol. The van der Waals surface area contributed by atoms with Crippen LogP contribution in [-0.2, 0) is 0 Å². The van der Waals surface area contributed by atoms with Crippen molar-refractivity contribution in [2.24, 2.45) is 0 Å². The zero-order valence-electron chi connectivity index (χ0n) is 36.2. The molecular weight excluding hydrogens is 801 g/mol. The van der Waals surface area contributed by atoms with Crippen LogP contribution in [0.3, 0.4) is 0 Å². The largest absolute Gasteiger partial charge is 0.455 e. The molecule has 2 aliphatic rings. The van der Waals surface area contributed by atoms with Crippen molar-refractivity contribution in [1.82, 2.24) is 0 Å². The summed E-state index contributed by atoms with van der Waals surface area (Å²) in [5, 5.41) is 13.0. The van der Waals surface area contributed by atoms with E-state index in [0.29, 0.717) is 0 Å². The minimum atomic E-state index is -1.79. The molecule has 11 aromatic carbocycles. The lowest BCUT2D eigenvalue weighted by atomic mass is 9.86. The van der Waals surface area contributed by atoms with Gasteiger partial charge in [0.05, 0.1) is 0 Å². The molecule has 1 aliphatic carbocycles. The van der Waals surface area contributed by atoms with Crippen LogP contribution < -0.4 is 10.4 Å². The third-order valence-corrected chi connectivity index (χ3v) is 18.4. The maximum atomic E-state index is 6.87. The normalized spacial score (nSPS) is 14.6. The van der Waals surface area contributed by atoms with Crippen LogP contribution in [-0.4, -0.2) is 8.07 Å². The Morgan fingerprint density at radius 2 is 1.00 bits per heavy atom. The average molecular weight is 843 g/mol. The molecule has 0 saturated heterocycles. The van der Waals surface area contributed by atoms with E-state index < -0.39 is 8.07 Å². The zero-order chi connectivity index (χ0) is 43.0. The highest BCUT2D eigenvalue weighted by molar-refractivity contribution is 7.04. The molecular formula is C63H42OSi. The van der Waals surface area contributed by atoms with Crippen LogP contribution in [0.5, 0.6) is 0 Å². The van der Waals surface area contributed by atoms with Crippen LogP contribution in [0.1, 0.15) is 22.6 Å². The maximum Gasteiger partial charge on any atom is 0.143 e. The Balaban J connectivity index is 0.935. The summed E-state index contributed by atoms with van der Waals surface area (Å²) in [6.07, 6.45) is 0. The van der Waals surface area contributed by atoms with Gasteiger partial charge in [-0.3, -0.25) is 0 Å². The first kappa shape index (κ1) is 36.7. The number of hydrogen-bond donors (Lipinski definition) is 0. The predicted octanol–water partition coefficient (Wildman–Crippen LogP) is 16.0. The van der Waals surface area contributed by atoms with Gasteiger partial charge < -0.3 is 4.42 Å². The summed E-state index contributed by atoms with van der Waals surface area (Å²) < 4.78 is 6.87. The summed E-state index contributed by atoms with van der Waals surface area (Å²) in [6, 6.07) is 79.5. The van der Waals surface area contributed by atoms with E-state index >= 15 is 0 Å². The smallest absolute Gasteiger partial charge is 0.143 e. The van der Waals surface area contributed by atoms with Crippen molar-refractivity contribution in [1.29, 1.82) is 0 Å². The highest BCUT2D eigenvalue weighted by atomic mass is 28.3. The second-order valence-corrected chi connectivity index (χ2v) is 23.1. The van der Waals surface area contributed by atoms with Gasteiger partial charge in [-0.1, -0.05) is 183 Å². The first-order chi connectivity index (χ1) is 32.0. The first-order valence-corrected chi connectivity index (χ1v) is 25.9. The van der Waals surface area contributed by atoms with E-state index in [0.717, 1.165) is 33.1 Å². The lowest BCUT2D eigenvalue weighted by molar-refractivity contribution is 0.670. The van der Waals surface area contributed by atoms with E-state index in [4.69, 9.17) is 4.42 Å². The molecule has 1 unspecified atom stereocenters. The molecule has 2 heterocycles. The van der Waals surface area contributed by atoms with Crippen molar-refractivity contribution in [3.05, 3.63) is 229 Å². The molecule has 0 radical (unpaired) electrons. The zero-order valence-corrected chi connectivity index (χ0v) is 37.2. The Morgan fingerprint density at radius 1 is 0.354 bits per heavy atom. The highest BCUT2D eigenvalue weighted by Crippen LogP contribution is 2.51. The fourth-order valence-electron chi connectivity index (χ4n) is 11.8. The van der Waals surface area contributed by atoms with Crippen LogP contribution in [0.2, 0.25) is 13.1 Å². The van der Waals surface area contributed by atoms with Crippen molar-refractivity contribution < 1.29 is 4.42 Å². The lowest BCUT2D eigenvalue weighted by Crippen LogP contribution is -2.49. The molecule has 2 heteroatoms. The summed E-state index contributed by atoms with van der Waals surface area (Å²) in [7, 11) is -1.79. The van der Waals surface area contributed by atoms with Gasteiger partial charge in [-0.25, -0.2) is 0 Å². The topological polar surface area (TPSA) is 13.1 Å². The fraction of sp³-hybridized carbons (Fsp3) is 0.0476. The molecule has 0 fully saturated rings. The molecule has 0 saturated carbocycles. The SMILES string of the molecule is C[Si]1(C)c2ccccc2-c2c1ccc1ccc(C3c4ccccc4-c4cc(-c5ccc6oc7c(-c8ccccc8)cc(-c8c9ccccc9cc9ccccc89)cc7c6c5)ccc43)cc21. The molecule has 0 N–H and O–H groups in total. The molecule has 1 aromatic heterocycles. The van der Waals surface area contributed by atoms with Gasteiger partial charge in [0.15, 0.2) is 0 Å². The second kappa shape index (κ2) is 13.6. The Kier molecular flexibility index (Phi) is 7.68. The Bertz CT molecular complexity index is 3930. The van der Waals surface area contributed by atoms with Crippen molar-refractivity contribution in [3.8, 4) is 55.6 Å². The van der Waals surface area contributed by atoms with Crippen molar-refractivity contribution in [3.63, 3.8) is 0 Å². The lowest BCUT2D eigenvalue weighted by Gasteiger charge is -2.19. The number of hydrogen-bond acceptors (Lipinski definition) is 1. The number of benzene rings is 11. The van der Waals surface area contributed by atoms with Crippen molar-refractivity contribution >= 4 is 72.7 Å². The van der Waals surface area contributed by atoms with Gasteiger partial charge in [0.25, 0.3) is 0 Å². The summed E-state index contributed by atoms with van der Waals surface area (Å²) in [5.74, 6) is 0.151. The second-order valence-electron chi connectivity index (χ2n) is 18.7. The Morgan fingerprint density at radius 3 is 1.83 bits per heavy atom. The van der Waals surface area contributed by atoms with Gasteiger partial charge in [-0.15, -0.1) is 0 Å². The minimum Gasteiger partial charge on any atom is -0.455 e. The average Bonchev–Trinajstić information content (AvgIpc) is 3.97. The van der Waals surface area contributed by atoms with Gasteiger partial charge in [0, 0.05) is 22.3 Å². The molecule has 14 rings (SSSR count). The van der Waals surface area contributed by atoms with Crippen LogP contribution in [0, 0.1) is 0 Å². The molecule has 65 heavy (non-hydrogen) atoms. The van der Waals surface area contributed by atoms with Crippen molar-refractivity contribution in [2.75, 3.05) is 0 Å². The molecule has 304 valence electrons. The summed E-state index contributed by atoms with van der Waals surface area (Å²) in [5.41, 5.74) is 18.5. The van der Waals surface area contributed by atoms with Gasteiger partial charge >= 0.3 is 0 Å². The van der Waals surface area contributed by atoms with Gasteiger partial charge in [-0.05, 0) is 152 Å². The number of fused-ring (bicyclic) bond motifs is 13.